The second-order valence-electron chi connectivity index (χ2n) is 12.8. The second-order valence-corrected chi connectivity index (χ2v) is 12.8. The molecule has 0 N–H and O–H groups in total. The molecule has 0 saturated carbocycles. The van der Waals surface area contributed by atoms with Gasteiger partial charge in [-0.05, 0) is 57.6 Å². The van der Waals surface area contributed by atoms with Crippen molar-refractivity contribution in [1.82, 2.24) is 19.5 Å². The molecule has 0 fully saturated rings. The molecule has 5 nitrogen and oxygen atoms in total. The number of aromatic nitrogens is 4. The molecular weight excluding hydrogens is 649 g/mol. The molecule has 11 rings (SSSR count). The number of fused-ring (bicyclic) bond motifs is 10. The highest BCUT2D eigenvalue weighted by atomic mass is 16.3. The van der Waals surface area contributed by atoms with E-state index in [9.17, 15) is 6.85 Å². The molecule has 0 saturated heterocycles. The number of rotatable bonds is 4. The summed E-state index contributed by atoms with van der Waals surface area (Å²) in [6, 6.07) is 21.3. The quantitative estimate of drug-likeness (QED) is 0.184. The summed E-state index contributed by atoms with van der Waals surface area (Å²) in [7, 11) is 0. The summed E-state index contributed by atoms with van der Waals surface area (Å²) in [4.78, 5) is 14.8. The molecule has 53 heavy (non-hydrogen) atoms. The lowest BCUT2D eigenvalue weighted by atomic mass is 9.82. The van der Waals surface area contributed by atoms with E-state index in [1.165, 1.54) is 0 Å². The molecule has 10 aromatic rings. The van der Waals surface area contributed by atoms with Gasteiger partial charge < -0.3 is 4.42 Å². The molecule has 0 amide bonds. The van der Waals surface area contributed by atoms with Crippen molar-refractivity contribution in [3.05, 3.63) is 169 Å². The smallest absolute Gasteiger partial charge is 0.238 e. The number of hydrogen-bond donors (Lipinski definition) is 0. The van der Waals surface area contributed by atoms with Crippen molar-refractivity contribution in [2.45, 2.75) is 19.1 Å². The first-order chi connectivity index (χ1) is 32.7. The van der Waals surface area contributed by atoms with Crippen LogP contribution >= 0.6 is 0 Å². The zero-order chi connectivity index (χ0) is 49.0. The molecule has 7 aromatic carbocycles. The zero-order valence-electron chi connectivity index (χ0n) is 43.4. The van der Waals surface area contributed by atoms with Gasteiger partial charge in [0.15, 0.2) is 11.6 Å². The summed E-state index contributed by atoms with van der Waals surface area (Å²) >= 11 is 0. The maximum atomic E-state index is 9.78. The first kappa shape index (κ1) is 18.1. The Kier molecular flexibility index (Phi) is 3.78. The van der Waals surface area contributed by atoms with Crippen molar-refractivity contribution in [2.24, 2.45) is 0 Å². The predicted octanol–water partition coefficient (Wildman–Crippen LogP) is 12.2. The lowest BCUT2D eigenvalue weighted by molar-refractivity contribution is 0.661. The fraction of sp³-hybridized carbons (Fsp3) is 0.0625. The number of hydrogen-bond acceptors (Lipinski definition) is 4. The van der Waals surface area contributed by atoms with Crippen LogP contribution in [0.1, 0.15) is 46.8 Å². The van der Waals surface area contributed by atoms with Crippen LogP contribution in [-0.2, 0) is 5.41 Å². The Bertz CT molecular complexity index is 3870. The third-order valence-electron chi connectivity index (χ3n) is 9.81. The standard InChI is InChI=1S/C48H32N4O/c1-48(2)37-20-9-6-16-34(37)42-38(48)27-28-40-43(42)35-17-7-10-21-39(35)52(40)47-50-45(31-25-23-30(24-26-31)29-13-4-3-5-14-29)49-46(51-47)36-19-12-18-33-32-15-8-11-22-41(32)53-44(33)36/h3-28H,1-2H3/i1D3,2D3,6D,7D,9D,10D,16D,17D,20D,21D,27D,28D. The van der Waals surface area contributed by atoms with Gasteiger partial charge >= 0.3 is 0 Å². The van der Waals surface area contributed by atoms with Gasteiger partial charge in [0, 0.05) is 40.7 Å². The van der Waals surface area contributed by atoms with Gasteiger partial charge in [-0.1, -0.05) is 147 Å². The number of furan rings is 1. The maximum Gasteiger partial charge on any atom is 0.238 e. The van der Waals surface area contributed by atoms with Crippen molar-refractivity contribution >= 4 is 43.7 Å². The highest BCUT2D eigenvalue weighted by molar-refractivity contribution is 6.18. The summed E-state index contributed by atoms with van der Waals surface area (Å²) in [6.45, 7) is -7.31. The normalized spacial score (nSPS) is 18.0. The van der Waals surface area contributed by atoms with Crippen molar-refractivity contribution < 1.29 is 26.3 Å². The van der Waals surface area contributed by atoms with Crippen molar-refractivity contribution in [3.63, 3.8) is 0 Å². The van der Waals surface area contributed by atoms with Gasteiger partial charge in [-0.25, -0.2) is 4.98 Å². The van der Waals surface area contributed by atoms with Gasteiger partial charge in [-0.2, -0.15) is 9.97 Å². The molecule has 3 heterocycles. The number of nitrogens with zero attached hydrogens (tertiary/aromatic N) is 4. The van der Waals surface area contributed by atoms with Gasteiger partial charge in [-0.3, -0.25) is 4.57 Å². The fourth-order valence-corrected chi connectivity index (χ4v) is 7.38. The van der Waals surface area contributed by atoms with E-state index in [0.29, 0.717) is 22.3 Å². The predicted molar refractivity (Wildman–Crippen MR) is 215 cm³/mol. The van der Waals surface area contributed by atoms with E-state index in [1.54, 1.807) is 30.3 Å². The van der Waals surface area contributed by atoms with Crippen LogP contribution in [0, 0.1) is 0 Å². The van der Waals surface area contributed by atoms with Crippen molar-refractivity contribution in [1.29, 1.82) is 0 Å². The molecule has 250 valence electrons. The minimum atomic E-state index is -3.66. The van der Waals surface area contributed by atoms with E-state index >= 15 is 0 Å². The molecular formula is C48H32N4O. The van der Waals surface area contributed by atoms with E-state index in [2.05, 4.69) is 0 Å². The van der Waals surface area contributed by atoms with Gasteiger partial charge in [0.25, 0.3) is 0 Å². The Labute approximate surface area is 328 Å². The average molecular weight is 697 g/mol. The Morgan fingerprint density at radius 2 is 1.30 bits per heavy atom. The summed E-state index contributed by atoms with van der Waals surface area (Å²) in [5, 5.41) is 0.784. The van der Waals surface area contributed by atoms with Crippen molar-refractivity contribution in [3.8, 4) is 51.0 Å². The van der Waals surface area contributed by atoms with E-state index in [-0.39, 0.29) is 33.9 Å². The van der Waals surface area contributed by atoms with Crippen LogP contribution in [0.25, 0.3) is 94.7 Å². The zero-order valence-corrected chi connectivity index (χ0v) is 27.4. The molecule has 0 radical (unpaired) electrons. The van der Waals surface area contributed by atoms with Crippen LogP contribution < -0.4 is 0 Å². The van der Waals surface area contributed by atoms with Crippen LogP contribution in [0.3, 0.4) is 0 Å². The highest BCUT2D eigenvalue weighted by Crippen LogP contribution is 2.53. The van der Waals surface area contributed by atoms with Crippen LogP contribution in [0.5, 0.6) is 0 Å². The van der Waals surface area contributed by atoms with Gasteiger partial charge in [0.1, 0.15) is 11.2 Å². The summed E-state index contributed by atoms with van der Waals surface area (Å²) < 4.78 is 153. The fourth-order valence-electron chi connectivity index (χ4n) is 7.38. The Balaban J connectivity index is 1.34. The van der Waals surface area contributed by atoms with E-state index in [1.807, 2.05) is 66.7 Å². The average Bonchev–Trinajstić information content (AvgIpc) is 4.01. The molecule has 0 atom stereocenters. The lowest BCUT2D eigenvalue weighted by Crippen LogP contribution is -2.14. The lowest BCUT2D eigenvalue weighted by Gasteiger charge is -2.21. The molecule has 1 aliphatic rings. The number of benzene rings is 7. The summed E-state index contributed by atoms with van der Waals surface area (Å²) in [5.74, 6) is -0.260. The minimum absolute atomic E-state index is 0.0182. The van der Waals surface area contributed by atoms with Crippen LogP contribution in [0.15, 0.2) is 162 Å². The van der Waals surface area contributed by atoms with Crippen LogP contribution in [-0.4, -0.2) is 19.5 Å². The van der Waals surface area contributed by atoms with E-state index in [4.69, 9.17) is 34.4 Å². The SMILES string of the molecule is [2H]c1c([2H])c([2H])c2c(c1[2H])-c1c(c([2H])c([2H])c3c1c1c([2H])c([2H])c([2H])c([2H])c1n3-c1nc(-c3ccc(-c4ccccc4)cc3)nc(-c3cccc4c3oc3ccccc34)n1)C2(C([2H])([2H])[2H])C([2H])([2H])[2H]. The van der Waals surface area contributed by atoms with Crippen LogP contribution in [0.2, 0.25) is 0 Å². The minimum Gasteiger partial charge on any atom is -0.455 e. The van der Waals surface area contributed by atoms with E-state index < -0.39 is 107 Å². The molecule has 0 unspecified atom stereocenters. The molecule has 0 aliphatic heterocycles. The second kappa shape index (κ2) is 11.1. The van der Waals surface area contributed by atoms with Gasteiger partial charge in [0.05, 0.1) is 30.3 Å². The number of para-hydroxylation sites is 3. The monoisotopic (exact) mass is 696 g/mol. The van der Waals surface area contributed by atoms with Crippen LogP contribution in [0.4, 0.5) is 0 Å². The van der Waals surface area contributed by atoms with E-state index in [0.717, 1.165) is 26.5 Å². The molecule has 3 aromatic heterocycles. The third kappa shape index (κ3) is 4.34. The van der Waals surface area contributed by atoms with Crippen molar-refractivity contribution in [2.75, 3.05) is 0 Å². The van der Waals surface area contributed by atoms with Gasteiger partial charge in [0.2, 0.25) is 5.95 Å². The third-order valence-corrected chi connectivity index (χ3v) is 9.81. The molecule has 1 aliphatic carbocycles. The Morgan fingerprint density at radius 3 is 2.19 bits per heavy atom. The first-order valence-electron chi connectivity index (χ1n) is 24.7. The largest absolute Gasteiger partial charge is 0.455 e. The molecule has 5 heteroatoms. The van der Waals surface area contributed by atoms with Gasteiger partial charge in [-0.15, -0.1) is 0 Å². The summed E-state index contributed by atoms with van der Waals surface area (Å²) in [5.41, 5.74) is -3.23. The maximum absolute atomic E-state index is 9.78. The Morgan fingerprint density at radius 1 is 0.566 bits per heavy atom. The Hall–Kier alpha value is -6.85. The molecule has 0 spiro atoms. The molecule has 0 bridgehead atoms. The first-order valence-corrected chi connectivity index (χ1v) is 16.7. The topological polar surface area (TPSA) is 56.7 Å². The highest BCUT2D eigenvalue weighted by Gasteiger charge is 2.37. The summed E-state index contributed by atoms with van der Waals surface area (Å²) in [6.07, 6.45) is 0.